The van der Waals surface area contributed by atoms with Crippen LogP contribution < -0.4 is 4.90 Å². The predicted molar refractivity (Wildman–Crippen MR) is 87.9 cm³/mol. The third-order valence-electron chi connectivity index (χ3n) is 4.35. The van der Waals surface area contributed by atoms with Crippen LogP contribution in [0.5, 0.6) is 0 Å². The highest BCUT2D eigenvalue weighted by Gasteiger charge is 2.24. The molecule has 1 aliphatic heterocycles. The monoisotopic (exact) mass is 295 g/mol. The van der Waals surface area contributed by atoms with Crippen LogP contribution in [-0.2, 0) is 6.54 Å². The Morgan fingerprint density at radius 3 is 2.27 bits per heavy atom. The zero-order chi connectivity index (χ0) is 15.4. The van der Waals surface area contributed by atoms with Crippen molar-refractivity contribution in [1.29, 1.82) is 0 Å². The van der Waals surface area contributed by atoms with Crippen molar-refractivity contribution in [3.8, 4) is 0 Å². The van der Waals surface area contributed by atoms with Crippen molar-refractivity contribution in [3.05, 3.63) is 71.3 Å². The number of aryl methyl sites for hydroxylation is 1. The summed E-state index contributed by atoms with van der Waals surface area (Å²) in [7, 11) is 0. The molecule has 1 heterocycles. The Morgan fingerprint density at radius 2 is 1.64 bits per heavy atom. The predicted octanol–water partition coefficient (Wildman–Crippen LogP) is 1.54. The van der Waals surface area contributed by atoms with Gasteiger partial charge in [0.1, 0.15) is 6.54 Å². The van der Waals surface area contributed by atoms with Crippen molar-refractivity contribution < 1.29 is 9.69 Å². The van der Waals surface area contributed by atoms with Crippen molar-refractivity contribution in [2.75, 3.05) is 26.2 Å². The molecule has 0 aliphatic carbocycles. The number of hydrogen-bond donors (Lipinski definition) is 1. The van der Waals surface area contributed by atoms with Gasteiger partial charge in [-0.05, 0) is 19.1 Å². The molecule has 0 bridgehead atoms. The molecule has 3 heteroatoms. The number of piperazine rings is 1. The maximum atomic E-state index is 12.5. The smallest absolute Gasteiger partial charge is 0.254 e. The van der Waals surface area contributed by atoms with Crippen LogP contribution >= 0.6 is 0 Å². The van der Waals surface area contributed by atoms with Gasteiger partial charge in [0.05, 0.1) is 26.2 Å². The van der Waals surface area contributed by atoms with Crippen LogP contribution in [0.1, 0.15) is 21.5 Å². The number of carbonyl (C=O) groups excluding carboxylic acids is 1. The van der Waals surface area contributed by atoms with Crippen LogP contribution in [0.25, 0.3) is 0 Å². The van der Waals surface area contributed by atoms with E-state index < -0.39 is 0 Å². The largest absolute Gasteiger partial charge is 0.328 e. The second-order valence-electron chi connectivity index (χ2n) is 6.07. The number of quaternary nitrogens is 1. The maximum absolute atomic E-state index is 12.5. The second-order valence-corrected chi connectivity index (χ2v) is 6.07. The van der Waals surface area contributed by atoms with E-state index in [1.54, 1.807) is 4.90 Å². The molecule has 1 amide bonds. The molecule has 1 N–H and O–H groups in total. The quantitative estimate of drug-likeness (QED) is 0.913. The summed E-state index contributed by atoms with van der Waals surface area (Å²) in [5.41, 5.74) is 3.36. The van der Waals surface area contributed by atoms with Gasteiger partial charge in [0.15, 0.2) is 0 Å². The average Bonchev–Trinajstić information content (AvgIpc) is 2.57. The minimum Gasteiger partial charge on any atom is -0.328 e. The number of amides is 1. The third kappa shape index (κ3) is 3.55. The van der Waals surface area contributed by atoms with Gasteiger partial charge < -0.3 is 9.80 Å². The molecule has 1 fully saturated rings. The van der Waals surface area contributed by atoms with E-state index in [9.17, 15) is 4.79 Å². The molecular weight excluding hydrogens is 272 g/mol. The molecule has 114 valence electrons. The standard InChI is InChI=1S/C19H22N2O/c1-16-7-9-18(10-8-16)19(22)21-13-11-20(12-14-21)15-17-5-3-2-4-6-17/h2-10H,11-15H2,1H3/p+1. The number of nitrogens with one attached hydrogen (secondary N) is 1. The topological polar surface area (TPSA) is 24.8 Å². The van der Waals surface area contributed by atoms with Gasteiger partial charge in [0, 0.05) is 11.1 Å². The van der Waals surface area contributed by atoms with Crippen LogP contribution in [0.3, 0.4) is 0 Å². The first-order chi connectivity index (χ1) is 10.7. The highest BCUT2D eigenvalue weighted by Crippen LogP contribution is 2.07. The molecule has 3 nitrogen and oxygen atoms in total. The Kier molecular flexibility index (Phi) is 4.54. The Balaban J connectivity index is 1.55. The van der Waals surface area contributed by atoms with E-state index in [1.165, 1.54) is 11.1 Å². The Bertz CT molecular complexity index is 614. The Hall–Kier alpha value is -2.13. The molecule has 0 spiro atoms. The molecule has 0 unspecified atom stereocenters. The summed E-state index contributed by atoms with van der Waals surface area (Å²) in [6.45, 7) is 6.82. The second kappa shape index (κ2) is 6.75. The number of benzene rings is 2. The fraction of sp³-hybridized carbons (Fsp3) is 0.316. The lowest BCUT2D eigenvalue weighted by Crippen LogP contribution is -3.13. The third-order valence-corrected chi connectivity index (χ3v) is 4.35. The number of hydrogen-bond acceptors (Lipinski definition) is 1. The van der Waals surface area contributed by atoms with Crippen molar-refractivity contribution >= 4 is 5.91 Å². The van der Waals surface area contributed by atoms with Crippen molar-refractivity contribution in [2.24, 2.45) is 0 Å². The van der Waals surface area contributed by atoms with E-state index in [4.69, 9.17) is 0 Å². The van der Waals surface area contributed by atoms with Crippen molar-refractivity contribution in [1.82, 2.24) is 4.90 Å². The summed E-state index contributed by atoms with van der Waals surface area (Å²) in [6, 6.07) is 18.5. The van der Waals surface area contributed by atoms with Crippen LogP contribution in [0.2, 0.25) is 0 Å². The molecule has 2 aromatic carbocycles. The number of rotatable bonds is 3. The highest BCUT2D eigenvalue weighted by molar-refractivity contribution is 5.94. The summed E-state index contributed by atoms with van der Waals surface area (Å²) in [6.07, 6.45) is 0. The molecule has 2 aromatic rings. The van der Waals surface area contributed by atoms with E-state index in [0.29, 0.717) is 0 Å². The first-order valence-electron chi connectivity index (χ1n) is 7.96. The number of nitrogens with zero attached hydrogens (tertiary/aromatic N) is 1. The summed E-state index contributed by atoms with van der Waals surface area (Å²) in [5.74, 6) is 0.166. The summed E-state index contributed by atoms with van der Waals surface area (Å²) >= 11 is 0. The zero-order valence-corrected chi connectivity index (χ0v) is 13.1. The zero-order valence-electron chi connectivity index (χ0n) is 13.1. The van der Waals surface area contributed by atoms with Crippen LogP contribution in [0.15, 0.2) is 54.6 Å². The fourth-order valence-electron chi connectivity index (χ4n) is 2.97. The Morgan fingerprint density at radius 1 is 1.00 bits per heavy atom. The molecule has 3 rings (SSSR count). The van der Waals surface area contributed by atoms with Gasteiger partial charge in [-0.25, -0.2) is 0 Å². The van der Waals surface area contributed by atoms with Gasteiger partial charge in [-0.3, -0.25) is 4.79 Å². The van der Waals surface area contributed by atoms with E-state index in [-0.39, 0.29) is 5.91 Å². The average molecular weight is 295 g/mol. The van der Waals surface area contributed by atoms with Gasteiger partial charge >= 0.3 is 0 Å². The first-order valence-corrected chi connectivity index (χ1v) is 7.96. The Labute approximate surface area is 132 Å². The van der Waals surface area contributed by atoms with E-state index in [2.05, 4.69) is 30.3 Å². The lowest BCUT2D eigenvalue weighted by molar-refractivity contribution is -0.917. The van der Waals surface area contributed by atoms with Crippen molar-refractivity contribution in [2.45, 2.75) is 13.5 Å². The van der Waals surface area contributed by atoms with Gasteiger partial charge in [-0.2, -0.15) is 0 Å². The van der Waals surface area contributed by atoms with Crippen LogP contribution in [0, 0.1) is 6.92 Å². The van der Waals surface area contributed by atoms with Gasteiger partial charge in [0.25, 0.3) is 5.91 Å². The maximum Gasteiger partial charge on any atom is 0.254 e. The lowest BCUT2D eigenvalue weighted by atomic mass is 10.1. The van der Waals surface area contributed by atoms with E-state index in [0.717, 1.165) is 38.3 Å². The molecule has 0 atom stereocenters. The van der Waals surface area contributed by atoms with Gasteiger partial charge in [-0.15, -0.1) is 0 Å². The van der Waals surface area contributed by atoms with Crippen LogP contribution in [0.4, 0.5) is 0 Å². The molecular formula is C19H23N2O+. The minimum atomic E-state index is 0.166. The van der Waals surface area contributed by atoms with Crippen LogP contribution in [-0.4, -0.2) is 37.0 Å². The normalized spacial score (nSPS) is 15.8. The number of carbonyl (C=O) groups is 1. The van der Waals surface area contributed by atoms with E-state index >= 15 is 0 Å². The molecule has 1 saturated heterocycles. The fourth-order valence-corrected chi connectivity index (χ4v) is 2.97. The SMILES string of the molecule is Cc1ccc(C(=O)N2CC[NH+](Cc3ccccc3)CC2)cc1. The lowest BCUT2D eigenvalue weighted by Gasteiger charge is -2.32. The highest BCUT2D eigenvalue weighted by atomic mass is 16.2. The van der Waals surface area contributed by atoms with Crippen molar-refractivity contribution in [3.63, 3.8) is 0 Å². The summed E-state index contributed by atoms with van der Waals surface area (Å²) < 4.78 is 0. The van der Waals surface area contributed by atoms with Gasteiger partial charge in [0.2, 0.25) is 0 Å². The molecule has 0 saturated carbocycles. The molecule has 0 aromatic heterocycles. The molecule has 1 aliphatic rings. The van der Waals surface area contributed by atoms with E-state index in [1.807, 2.05) is 36.1 Å². The first kappa shape index (κ1) is 14.8. The molecule has 0 radical (unpaired) electrons. The minimum absolute atomic E-state index is 0.166. The summed E-state index contributed by atoms with van der Waals surface area (Å²) in [4.78, 5) is 16.0. The summed E-state index contributed by atoms with van der Waals surface area (Å²) in [5, 5.41) is 0. The van der Waals surface area contributed by atoms with Gasteiger partial charge in [-0.1, -0.05) is 48.0 Å². The molecule has 22 heavy (non-hydrogen) atoms.